The van der Waals surface area contributed by atoms with Gasteiger partial charge in [0, 0.05) is 18.0 Å². The van der Waals surface area contributed by atoms with E-state index in [1.165, 1.54) is 4.31 Å². The molecule has 19 heavy (non-hydrogen) atoms. The number of hydrogen-bond acceptors (Lipinski definition) is 5. The third-order valence-corrected chi connectivity index (χ3v) is 6.83. The van der Waals surface area contributed by atoms with Crippen molar-refractivity contribution in [2.24, 2.45) is 0 Å². The first-order chi connectivity index (χ1) is 8.98. The monoisotopic (exact) mass is 305 g/mol. The van der Waals surface area contributed by atoms with E-state index in [-0.39, 0.29) is 12.7 Å². The first-order valence-corrected chi connectivity index (χ1v) is 8.56. The van der Waals surface area contributed by atoms with Gasteiger partial charge in [-0.1, -0.05) is 6.92 Å². The van der Waals surface area contributed by atoms with Crippen molar-refractivity contribution in [2.45, 2.75) is 37.2 Å². The summed E-state index contributed by atoms with van der Waals surface area (Å²) in [5.74, 6) is 0. The molecule has 0 spiro atoms. The zero-order chi connectivity index (χ0) is 14.0. The first-order valence-electron chi connectivity index (χ1n) is 6.31. The molecule has 1 aliphatic rings. The van der Waals surface area contributed by atoms with Crippen molar-refractivity contribution >= 4 is 21.4 Å². The van der Waals surface area contributed by atoms with Crippen LogP contribution in [0.25, 0.3) is 0 Å². The Balaban J connectivity index is 2.25. The molecule has 7 heteroatoms. The van der Waals surface area contributed by atoms with Crippen LogP contribution in [0.15, 0.2) is 10.3 Å². The molecule has 1 saturated heterocycles. The number of aliphatic hydroxyl groups is 1. The molecule has 108 valence electrons. The highest BCUT2D eigenvalue weighted by molar-refractivity contribution is 7.91. The SMILES string of the molecule is CCC1CN(S(=O)(=O)c2cc(C)c(CO)s2)CCO1. The summed E-state index contributed by atoms with van der Waals surface area (Å²) in [6.45, 7) is 4.92. The Morgan fingerprint density at radius 3 is 2.89 bits per heavy atom. The number of morpholine rings is 1. The first kappa shape index (κ1) is 14.9. The summed E-state index contributed by atoms with van der Waals surface area (Å²) >= 11 is 1.15. The van der Waals surface area contributed by atoms with E-state index in [1.807, 2.05) is 13.8 Å². The second kappa shape index (κ2) is 5.88. The second-order valence-electron chi connectivity index (χ2n) is 4.59. The molecule has 0 aliphatic carbocycles. The molecule has 1 aromatic heterocycles. The van der Waals surface area contributed by atoms with E-state index in [1.54, 1.807) is 6.07 Å². The Hall–Kier alpha value is -0.470. The van der Waals surface area contributed by atoms with Gasteiger partial charge in [0.05, 0.1) is 19.3 Å². The van der Waals surface area contributed by atoms with Crippen LogP contribution < -0.4 is 0 Å². The normalized spacial score (nSPS) is 21.7. The van der Waals surface area contributed by atoms with Gasteiger partial charge in [-0.15, -0.1) is 11.3 Å². The highest BCUT2D eigenvalue weighted by Crippen LogP contribution is 2.29. The number of aryl methyl sites for hydroxylation is 1. The minimum atomic E-state index is -3.46. The standard InChI is InChI=1S/C12H19NO4S2/c1-3-10-7-13(4-5-17-10)19(15,16)12-6-9(2)11(8-14)18-12/h6,10,14H,3-5,7-8H2,1-2H3. The lowest BCUT2D eigenvalue weighted by Crippen LogP contribution is -2.45. The lowest BCUT2D eigenvalue weighted by atomic mass is 10.2. The van der Waals surface area contributed by atoms with Crippen molar-refractivity contribution in [1.82, 2.24) is 4.31 Å². The Labute approximate surface area is 117 Å². The smallest absolute Gasteiger partial charge is 0.252 e. The molecule has 1 unspecified atom stereocenters. The van der Waals surface area contributed by atoms with E-state index in [0.29, 0.717) is 28.8 Å². The Bertz CT molecular complexity index is 538. The van der Waals surface area contributed by atoms with Crippen LogP contribution in [-0.4, -0.2) is 43.6 Å². The van der Waals surface area contributed by atoms with E-state index < -0.39 is 10.0 Å². The van der Waals surface area contributed by atoms with Gasteiger partial charge in [-0.2, -0.15) is 4.31 Å². The number of aliphatic hydroxyl groups excluding tert-OH is 1. The third-order valence-electron chi connectivity index (χ3n) is 3.29. The molecule has 1 fully saturated rings. The van der Waals surface area contributed by atoms with Gasteiger partial charge in [-0.05, 0) is 25.0 Å². The number of nitrogens with zero attached hydrogens (tertiary/aromatic N) is 1. The summed E-state index contributed by atoms with van der Waals surface area (Å²) in [7, 11) is -3.46. The highest BCUT2D eigenvalue weighted by Gasteiger charge is 2.31. The maximum Gasteiger partial charge on any atom is 0.252 e. The molecular weight excluding hydrogens is 286 g/mol. The molecule has 2 heterocycles. The van der Waals surface area contributed by atoms with E-state index in [2.05, 4.69) is 0 Å². The predicted octanol–water partition coefficient (Wildman–Crippen LogP) is 1.35. The average Bonchev–Trinajstić information content (AvgIpc) is 2.80. The largest absolute Gasteiger partial charge is 0.391 e. The Morgan fingerprint density at radius 1 is 1.58 bits per heavy atom. The van der Waals surface area contributed by atoms with Gasteiger partial charge in [0.2, 0.25) is 0 Å². The summed E-state index contributed by atoms with van der Waals surface area (Å²) in [5, 5.41) is 9.17. The van der Waals surface area contributed by atoms with Crippen LogP contribution in [0.2, 0.25) is 0 Å². The maximum atomic E-state index is 12.5. The van der Waals surface area contributed by atoms with Crippen molar-refractivity contribution in [2.75, 3.05) is 19.7 Å². The van der Waals surface area contributed by atoms with Crippen LogP contribution in [0.1, 0.15) is 23.8 Å². The summed E-state index contributed by atoms with van der Waals surface area (Å²) in [6, 6.07) is 1.64. The van der Waals surface area contributed by atoms with Gasteiger partial charge in [0.25, 0.3) is 10.0 Å². The number of thiophene rings is 1. The second-order valence-corrected chi connectivity index (χ2v) is 7.90. The number of sulfonamides is 1. The Morgan fingerprint density at radius 2 is 2.32 bits per heavy atom. The molecular formula is C12H19NO4S2. The summed E-state index contributed by atoms with van der Waals surface area (Å²) in [6.07, 6.45) is 0.777. The summed E-state index contributed by atoms with van der Waals surface area (Å²) in [5.41, 5.74) is 0.825. The van der Waals surface area contributed by atoms with Crippen molar-refractivity contribution in [3.05, 3.63) is 16.5 Å². The van der Waals surface area contributed by atoms with E-state index in [4.69, 9.17) is 9.84 Å². The van der Waals surface area contributed by atoms with Gasteiger partial charge >= 0.3 is 0 Å². The zero-order valence-corrected chi connectivity index (χ0v) is 12.8. The molecule has 0 radical (unpaired) electrons. The van der Waals surface area contributed by atoms with Crippen molar-refractivity contribution in [1.29, 1.82) is 0 Å². The fourth-order valence-corrected chi connectivity index (χ4v) is 5.12. The van der Waals surface area contributed by atoms with Crippen LogP contribution in [0.5, 0.6) is 0 Å². The lowest BCUT2D eigenvalue weighted by molar-refractivity contribution is -0.00272. The molecule has 1 atom stereocenters. The van der Waals surface area contributed by atoms with Gasteiger partial charge in [-0.25, -0.2) is 8.42 Å². The van der Waals surface area contributed by atoms with Gasteiger partial charge < -0.3 is 9.84 Å². The molecule has 5 nitrogen and oxygen atoms in total. The molecule has 1 aromatic rings. The number of ether oxygens (including phenoxy) is 1. The van der Waals surface area contributed by atoms with Crippen LogP contribution >= 0.6 is 11.3 Å². The van der Waals surface area contributed by atoms with Gasteiger partial charge in [0.15, 0.2) is 0 Å². The zero-order valence-electron chi connectivity index (χ0n) is 11.1. The molecule has 0 saturated carbocycles. The van der Waals surface area contributed by atoms with Crippen molar-refractivity contribution in [3.8, 4) is 0 Å². The minimum Gasteiger partial charge on any atom is -0.391 e. The topological polar surface area (TPSA) is 66.8 Å². The van der Waals surface area contributed by atoms with Gasteiger partial charge in [0.1, 0.15) is 4.21 Å². The number of rotatable bonds is 4. The van der Waals surface area contributed by atoms with E-state index >= 15 is 0 Å². The molecule has 0 aromatic carbocycles. The van der Waals surface area contributed by atoms with Crippen LogP contribution in [0, 0.1) is 6.92 Å². The van der Waals surface area contributed by atoms with Crippen LogP contribution in [0.4, 0.5) is 0 Å². The lowest BCUT2D eigenvalue weighted by Gasteiger charge is -2.31. The Kier molecular flexibility index (Phi) is 4.62. The summed E-state index contributed by atoms with van der Waals surface area (Å²) < 4.78 is 32.3. The maximum absolute atomic E-state index is 12.5. The average molecular weight is 305 g/mol. The fraction of sp³-hybridized carbons (Fsp3) is 0.667. The highest BCUT2D eigenvalue weighted by atomic mass is 32.2. The van der Waals surface area contributed by atoms with Crippen molar-refractivity contribution in [3.63, 3.8) is 0 Å². The summed E-state index contributed by atoms with van der Waals surface area (Å²) in [4.78, 5) is 0.707. The van der Waals surface area contributed by atoms with E-state index in [9.17, 15) is 8.42 Å². The number of hydrogen-bond donors (Lipinski definition) is 1. The third kappa shape index (κ3) is 3.00. The molecule has 0 amide bonds. The predicted molar refractivity (Wildman–Crippen MR) is 73.8 cm³/mol. The minimum absolute atomic E-state index is 0.0260. The molecule has 1 aliphatic heterocycles. The van der Waals surface area contributed by atoms with Crippen LogP contribution in [-0.2, 0) is 21.4 Å². The quantitative estimate of drug-likeness (QED) is 0.912. The fourth-order valence-electron chi connectivity index (χ4n) is 2.06. The van der Waals surface area contributed by atoms with Crippen LogP contribution in [0.3, 0.4) is 0 Å². The van der Waals surface area contributed by atoms with E-state index in [0.717, 1.165) is 23.3 Å². The van der Waals surface area contributed by atoms with Crippen molar-refractivity contribution < 1.29 is 18.3 Å². The molecule has 0 bridgehead atoms. The molecule has 1 N–H and O–H groups in total. The molecule has 2 rings (SSSR count). The van der Waals surface area contributed by atoms with Gasteiger partial charge in [-0.3, -0.25) is 0 Å².